The highest BCUT2D eigenvalue weighted by molar-refractivity contribution is 7.89. The third kappa shape index (κ3) is 3.79. The first kappa shape index (κ1) is 15.5. The molecule has 2 aromatic heterocycles. The van der Waals surface area contributed by atoms with Crippen LogP contribution in [0.3, 0.4) is 0 Å². The number of anilines is 1. The quantitative estimate of drug-likeness (QED) is 0.832. The van der Waals surface area contributed by atoms with Crippen molar-refractivity contribution in [3.8, 4) is 0 Å². The molecule has 0 amide bonds. The molecule has 8 heteroatoms. The monoisotopic (exact) mass is 309 g/mol. The zero-order chi connectivity index (χ0) is 15.5. The molecule has 0 atom stereocenters. The predicted molar refractivity (Wildman–Crippen MR) is 80.4 cm³/mol. The van der Waals surface area contributed by atoms with E-state index in [4.69, 9.17) is 0 Å². The van der Waals surface area contributed by atoms with E-state index in [1.54, 1.807) is 17.9 Å². The van der Waals surface area contributed by atoms with Crippen molar-refractivity contribution >= 4 is 15.8 Å². The molecule has 21 heavy (non-hydrogen) atoms. The summed E-state index contributed by atoms with van der Waals surface area (Å²) in [6, 6.07) is 2.99. The third-order valence-corrected chi connectivity index (χ3v) is 4.37. The summed E-state index contributed by atoms with van der Waals surface area (Å²) in [5.74, 6) is 0.540. The van der Waals surface area contributed by atoms with Gasteiger partial charge in [0.25, 0.3) is 0 Å². The zero-order valence-corrected chi connectivity index (χ0v) is 13.1. The molecule has 7 nitrogen and oxygen atoms in total. The smallest absolute Gasteiger partial charge is 0.241 e. The SMILES string of the molecule is CCNc1cc(S(=O)(=O)NCc2cn(C)nc2C)ccn1. The summed E-state index contributed by atoms with van der Waals surface area (Å²) in [5, 5.41) is 7.17. The van der Waals surface area contributed by atoms with E-state index in [9.17, 15) is 8.42 Å². The van der Waals surface area contributed by atoms with Crippen LogP contribution in [-0.2, 0) is 23.6 Å². The van der Waals surface area contributed by atoms with Crippen LogP contribution in [0.4, 0.5) is 5.82 Å². The van der Waals surface area contributed by atoms with Gasteiger partial charge >= 0.3 is 0 Å². The Kier molecular flexibility index (Phi) is 4.59. The highest BCUT2D eigenvalue weighted by Crippen LogP contribution is 2.13. The Labute approximate surface area is 124 Å². The van der Waals surface area contributed by atoms with E-state index in [0.29, 0.717) is 12.4 Å². The van der Waals surface area contributed by atoms with Crippen LogP contribution in [0, 0.1) is 6.92 Å². The third-order valence-electron chi connectivity index (χ3n) is 2.97. The average molecular weight is 309 g/mol. The van der Waals surface area contributed by atoms with Gasteiger partial charge in [0.2, 0.25) is 10.0 Å². The van der Waals surface area contributed by atoms with Crippen LogP contribution in [0.1, 0.15) is 18.2 Å². The molecule has 0 aliphatic carbocycles. The van der Waals surface area contributed by atoms with Gasteiger partial charge in [-0.2, -0.15) is 5.10 Å². The van der Waals surface area contributed by atoms with Gasteiger partial charge in [-0.3, -0.25) is 4.68 Å². The molecule has 2 N–H and O–H groups in total. The molecule has 2 heterocycles. The minimum absolute atomic E-state index is 0.190. The molecule has 0 saturated heterocycles. The summed E-state index contributed by atoms with van der Waals surface area (Å²) in [4.78, 5) is 4.25. The summed E-state index contributed by atoms with van der Waals surface area (Å²) in [5.41, 5.74) is 1.66. The maximum Gasteiger partial charge on any atom is 0.241 e. The van der Waals surface area contributed by atoms with E-state index in [0.717, 1.165) is 11.3 Å². The van der Waals surface area contributed by atoms with Crippen molar-refractivity contribution in [1.29, 1.82) is 0 Å². The average Bonchev–Trinajstić information content (AvgIpc) is 2.76. The van der Waals surface area contributed by atoms with Gasteiger partial charge in [-0.25, -0.2) is 18.1 Å². The fourth-order valence-corrected chi connectivity index (χ4v) is 2.95. The molecule has 2 rings (SSSR count). The van der Waals surface area contributed by atoms with Crippen molar-refractivity contribution in [3.05, 3.63) is 35.8 Å². The van der Waals surface area contributed by atoms with Crippen molar-refractivity contribution in [2.75, 3.05) is 11.9 Å². The van der Waals surface area contributed by atoms with Crippen LogP contribution >= 0.6 is 0 Å². The zero-order valence-electron chi connectivity index (χ0n) is 12.3. The van der Waals surface area contributed by atoms with E-state index in [1.807, 2.05) is 13.8 Å². The molecule has 0 bridgehead atoms. The predicted octanol–water partition coefficient (Wildman–Crippen LogP) is 1.03. The van der Waals surface area contributed by atoms with Crippen LogP contribution in [0.2, 0.25) is 0 Å². The Morgan fingerprint density at radius 1 is 1.38 bits per heavy atom. The maximum atomic E-state index is 12.3. The Hall–Kier alpha value is -1.93. The number of hydrogen-bond acceptors (Lipinski definition) is 5. The second-order valence-corrected chi connectivity index (χ2v) is 6.41. The van der Waals surface area contributed by atoms with E-state index in [2.05, 4.69) is 20.1 Å². The van der Waals surface area contributed by atoms with Crippen LogP contribution in [-0.4, -0.2) is 29.7 Å². The summed E-state index contributed by atoms with van der Waals surface area (Å²) in [6.07, 6.45) is 3.27. The normalized spacial score (nSPS) is 11.6. The largest absolute Gasteiger partial charge is 0.370 e. The van der Waals surface area contributed by atoms with Gasteiger partial charge in [0.15, 0.2) is 0 Å². The van der Waals surface area contributed by atoms with Gasteiger partial charge in [-0.15, -0.1) is 0 Å². The van der Waals surface area contributed by atoms with Crippen LogP contribution in [0.5, 0.6) is 0 Å². The molecule has 0 saturated carbocycles. The summed E-state index contributed by atoms with van der Waals surface area (Å²) < 4.78 is 28.8. The Balaban J connectivity index is 2.14. The topological polar surface area (TPSA) is 88.9 Å². The lowest BCUT2D eigenvalue weighted by Crippen LogP contribution is -2.23. The first-order valence-electron chi connectivity index (χ1n) is 6.61. The van der Waals surface area contributed by atoms with Gasteiger partial charge < -0.3 is 5.32 Å². The van der Waals surface area contributed by atoms with Crippen LogP contribution in [0.15, 0.2) is 29.4 Å². The molecule has 0 fully saturated rings. The lowest BCUT2D eigenvalue weighted by atomic mass is 10.3. The number of sulfonamides is 1. The number of aryl methyl sites for hydroxylation is 2. The Morgan fingerprint density at radius 3 is 2.76 bits per heavy atom. The number of rotatable bonds is 6. The van der Waals surface area contributed by atoms with Crippen molar-refractivity contribution in [3.63, 3.8) is 0 Å². The molecule has 114 valence electrons. The second kappa shape index (κ2) is 6.23. The standard InChI is InChI=1S/C13H19N5O2S/c1-4-14-13-7-12(5-6-15-13)21(19,20)16-8-11-9-18(3)17-10(11)2/h5-7,9,16H,4,8H2,1-3H3,(H,14,15). The van der Waals surface area contributed by atoms with Gasteiger partial charge in [0.1, 0.15) is 5.82 Å². The van der Waals surface area contributed by atoms with Crippen molar-refractivity contribution < 1.29 is 8.42 Å². The molecule has 2 aromatic rings. The fourth-order valence-electron chi connectivity index (χ4n) is 1.93. The van der Waals surface area contributed by atoms with Crippen molar-refractivity contribution in [2.45, 2.75) is 25.3 Å². The summed E-state index contributed by atoms with van der Waals surface area (Å²) >= 11 is 0. The molecular weight excluding hydrogens is 290 g/mol. The molecule has 0 aromatic carbocycles. The lowest BCUT2D eigenvalue weighted by Gasteiger charge is -2.08. The second-order valence-electron chi connectivity index (χ2n) is 4.65. The number of nitrogens with one attached hydrogen (secondary N) is 2. The van der Waals surface area contributed by atoms with Crippen LogP contribution in [0.25, 0.3) is 0 Å². The maximum absolute atomic E-state index is 12.3. The number of aromatic nitrogens is 3. The van der Waals surface area contributed by atoms with Gasteiger partial charge in [-0.05, 0) is 19.9 Å². The molecule has 0 aliphatic rings. The van der Waals surface area contributed by atoms with E-state index in [1.165, 1.54) is 18.3 Å². The highest BCUT2D eigenvalue weighted by atomic mass is 32.2. The van der Waals surface area contributed by atoms with Crippen molar-refractivity contribution in [2.24, 2.45) is 7.05 Å². The summed E-state index contributed by atoms with van der Waals surface area (Å²) in [7, 11) is -1.77. The molecule has 0 aliphatic heterocycles. The molecule has 0 spiro atoms. The summed E-state index contributed by atoms with van der Waals surface area (Å²) in [6.45, 7) is 4.66. The van der Waals surface area contributed by atoms with Gasteiger partial charge in [0, 0.05) is 44.2 Å². The molecular formula is C13H19N5O2S. The number of pyridine rings is 1. The van der Waals surface area contributed by atoms with Crippen molar-refractivity contribution in [1.82, 2.24) is 19.5 Å². The Morgan fingerprint density at radius 2 is 2.14 bits per heavy atom. The van der Waals surface area contributed by atoms with E-state index >= 15 is 0 Å². The number of nitrogens with zero attached hydrogens (tertiary/aromatic N) is 3. The molecule has 0 radical (unpaired) electrons. The minimum Gasteiger partial charge on any atom is -0.370 e. The lowest BCUT2D eigenvalue weighted by molar-refractivity contribution is 0.581. The molecule has 0 unspecified atom stereocenters. The van der Waals surface area contributed by atoms with E-state index in [-0.39, 0.29) is 11.4 Å². The first-order valence-corrected chi connectivity index (χ1v) is 8.09. The van der Waals surface area contributed by atoms with Gasteiger partial charge in [0.05, 0.1) is 10.6 Å². The van der Waals surface area contributed by atoms with Crippen LogP contribution < -0.4 is 10.0 Å². The first-order chi connectivity index (χ1) is 9.92. The minimum atomic E-state index is -3.57. The van der Waals surface area contributed by atoms with Gasteiger partial charge in [-0.1, -0.05) is 0 Å². The highest BCUT2D eigenvalue weighted by Gasteiger charge is 2.15. The fraction of sp³-hybridized carbons (Fsp3) is 0.385. The Bertz CT molecular complexity index is 724. The van der Waals surface area contributed by atoms with E-state index < -0.39 is 10.0 Å². The number of hydrogen-bond donors (Lipinski definition) is 2.